The Labute approximate surface area is 90.8 Å². The zero-order valence-electron chi connectivity index (χ0n) is 9.19. The van der Waals surface area contributed by atoms with Crippen molar-refractivity contribution in [1.29, 1.82) is 0 Å². The van der Waals surface area contributed by atoms with Crippen LogP contribution in [0.3, 0.4) is 0 Å². The second kappa shape index (κ2) is 6.79. The van der Waals surface area contributed by atoms with Gasteiger partial charge in [0, 0.05) is 19.2 Å². The fourth-order valence-corrected chi connectivity index (χ4v) is 1.55. The van der Waals surface area contributed by atoms with Crippen molar-refractivity contribution in [2.45, 2.75) is 32.3 Å². The van der Waals surface area contributed by atoms with Gasteiger partial charge in [0.05, 0.1) is 11.9 Å². The van der Waals surface area contributed by atoms with Gasteiger partial charge < -0.3 is 10.4 Å². The lowest BCUT2D eigenvalue weighted by Crippen LogP contribution is -2.26. The van der Waals surface area contributed by atoms with E-state index in [4.69, 9.17) is 5.11 Å². The summed E-state index contributed by atoms with van der Waals surface area (Å²) in [5.74, 6) is -0.374. The summed E-state index contributed by atoms with van der Waals surface area (Å²) in [5, 5.41) is 11.5. The molecule has 2 N–H and O–H groups in total. The number of carbonyl (C=O) groups excluding carboxylic acids is 1. The van der Waals surface area contributed by atoms with Gasteiger partial charge in [0.1, 0.15) is 9.84 Å². The number of hydrogen-bond donors (Lipinski definition) is 2. The predicted octanol–water partition coefficient (Wildman–Crippen LogP) is -0.302. The minimum absolute atomic E-state index is 0.00745. The third-order valence-corrected chi connectivity index (χ3v) is 2.77. The van der Waals surface area contributed by atoms with E-state index in [1.807, 2.05) is 0 Å². The number of aliphatic hydroxyl groups is 1. The van der Waals surface area contributed by atoms with Crippen molar-refractivity contribution in [1.82, 2.24) is 5.32 Å². The molecule has 5 nitrogen and oxygen atoms in total. The summed E-state index contributed by atoms with van der Waals surface area (Å²) in [4.78, 5) is 11.1. The molecule has 6 heteroatoms. The number of carbonyl (C=O) groups is 1. The molecule has 0 aliphatic heterocycles. The first kappa shape index (κ1) is 14.4. The number of aliphatic hydroxyl groups excluding tert-OH is 1. The summed E-state index contributed by atoms with van der Waals surface area (Å²) in [5.41, 5.74) is 0. The molecule has 0 radical (unpaired) electrons. The maximum Gasteiger partial charge on any atom is 0.221 e. The fraction of sp³-hybridized carbons (Fsp3) is 0.889. The van der Waals surface area contributed by atoms with Gasteiger partial charge in [-0.15, -0.1) is 0 Å². The van der Waals surface area contributed by atoms with Crippen molar-refractivity contribution in [3.63, 3.8) is 0 Å². The van der Waals surface area contributed by atoms with Gasteiger partial charge in [0.25, 0.3) is 0 Å². The van der Waals surface area contributed by atoms with Crippen LogP contribution in [0.1, 0.15) is 26.2 Å². The normalized spacial score (nSPS) is 13.5. The lowest BCUT2D eigenvalue weighted by atomic mass is 10.2. The van der Waals surface area contributed by atoms with Crippen LogP contribution in [0.15, 0.2) is 0 Å². The zero-order valence-corrected chi connectivity index (χ0v) is 10.0. The van der Waals surface area contributed by atoms with Gasteiger partial charge >= 0.3 is 0 Å². The molecule has 0 aromatic rings. The molecule has 0 bridgehead atoms. The largest absolute Gasteiger partial charge is 0.393 e. The summed E-state index contributed by atoms with van der Waals surface area (Å²) >= 11 is 0. The molecule has 0 fully saturated rings. The third-order valence-electron chi connectivity index (χ3n) is 1.82. The average Bonchev–Trinajstić information content (AvgIpc) is 2.07. The van der Waals surface area contributed by atoms with E-state index in [0.29, 0.717) is 19.4 Å². The van der Waals surface area contributed by atoms with Crippen LogP contribution in [0.5, 0.6) is 0 Å². The van der Waals surface area contributed by atoms with Gasteiger partial charge in [0.2, 0.25) is 5.91 Å². The van der Waals surface area contributed by atoms with Crippen molar-refractivity contribution in [3.05, 3.63) is 0 Å². The molecule has 0 aliphatic rings. The Bertz CT molecular complexity index is 284. The number of nitrogens with one attached hydrogen (secondary N) is 1. The van der Waals surface area contributed by atoms with E-state index in [0.717, 1.165) is 6.26 Å². The van der Waals surface area contributed by atoms with Crippen molar-refractivity contribution < 1.29 is 18.3 Å². The number of sulfone groups is 1. The Morgan fingerprint density at radius 3 is 2.53 bits per heavy atom. The molecule has 1 atom stereocenters. The Hall–Kier alpha value is -0.620. The Morgan fingerprint density at radius 2 is 2.07 bits per heavy atom. The first-order valence-corrected chi connectivity index (χ1v) is 7.00. The van der Waals surface area contributed by atoms with E-state index < -0.39 is 9.84 Å². The van der Waals surface area contributed by atoms with Crippen LogP contribution in [-0.4, -0.2) is 44.1 Å². The first-order chi connectivity index (χ1) is 6.81. The van der Waals surface area contributed by atoms with Crippen LogP contribution in [0.4, 0.5) is 0 Å². The highest BCUT2D eigenvalue weighted by atomic mass is 32.2. The minimum Gasteiger partial charge on any atom is -0.393 e. The summed E-state index contributed by atoms with van der Waals surface area (Å²) in [6.07, 6.45) is 2.08. The molecule has 0 aliphatic carbocycles. The maximum absolute atomic E-state index is 11.1. The van der Waals surface area contributed by atoms with Crippen LogP contribution < -0.4 is 5.32 Å². The smallest absolute Gasteiger partial charge is 0.221 e. The Balaban J connectivity index is 3.50. The van der Waals surface area contributed by atoms with Gasteiger partial charge in [-0.1, -0.05) is 0 Å². The van der Waals surface area contributed by atoms with Crippen LogP contribution in [0.2, 0.25) is 0 Å². The predicted molar refractivity (Wildman–Crippen MR) is 58.3 cm³/mol. The Morgan fingerprint density at radius 1 is 1.47 bits per heavy atom. The van der Waals surface area contributed by atoms with E-state index in [-0.39, 0.29) is 24.2 Å². The van der Waals surface area contributed by atoms with Crippen molar-refractivity contribution >= 4 is 15.7 Å². The molecule has 15 heavy (non-hydrogen) atoms. The molecule has 0 saturated heterocycles. The molecule has 0 saturated carbocycles. The third kappa shape index (κ3) is 11.3. The van der Waals surface area contributed by atoms with Gasteiger partial charge in [-0.25, -0.2) is 8.42 Å². The molecule has 0 heterocycles. The lowest BCUT2D eigenvalue weighted by molar-refractivity contribution is -0.120. The summed E-state index contributed by atoms with van der Waals surface area (Å²) in [6, 6.07) is 0. The highest BCUT2D eigenvalue weighted by molar-refractivity contribution is 7.90. The summed E-state index contributed by atoms with van der Waals surface area (Å²) in [7, 11) is -3.06. The van der Waals surface area contributed by atoms with Gasteiger partial charge in [-0.3, -0.25) is 4.79 Å². The highest BCUT2D eigenvalue weighted by Crippen LogP contribution is 1.94. The second-order valence-corrected chi connectivity index (χ2v) is 5.98. The molecule has 1 unspecified atom stereocenters. The molecular weight excluding hydrogens is 218 g/mol. The maximum atomic E-state index is 11.1. The van der Waals surface area contributed by atoms with Crippen molar-refractivity contribution in [2.75, 3.05) is 18.6 Å². The van der Waals surface area contributed by atoms with E-state index in [1.54, 1.807) is 6.92 Å². The molecule has 0 aromatic heterocycles. The second-order valence-electron chi connectivity index (χ2n) is 3.72. The number of amides is 1. The molecule has 0 rings (SSSR count). The number of rotatable bonds is 7. The van der Waals surface area contributed by atoms with Crippen LogP contribution >= 0.6 is 0 Å². The number of hydrogen-bond acceptors (Lipinski definition) is 4. The molecule has 90 valence electrons. The highest BCUT2D eigenvalue weighted by Gasteiger charge is 2.07. The first-order valence-electron chi connectivity index (χ1n) is 4.94. The van der Waals surface area contributed by atoms with Gasteiger partial charge in [-0.05, 0) is 19.8 Å². The summed E-state index contributed by atoms with van der Waals surface area (Å²) in [6.45, 7) is 2.17. The van der Waals surface area contributed by atoms with E-state index >= 15 is 0 Å². The molecule has 0 spiro atoms. The van der Waals surface area contributed by atoms with Crippen LogP contribution in [0.25, 0.3) is 0 Å². The van der Waals surface area contributed by atoms with E-state index in [1.165, 1.54) is 0 Å². The van der Waals surface area contributed by atoms with Crippen molar-refractivity contribution in [2.24, 2.45) is 0 Å². The molecule has 1 amide bonds. The Kier molecular flexibility index (Phi) is 6.51. The SMILES string of the molecule is CC(O)CCCNC(=O)CCS(C)(=O)=O. The standard InChI is InChI=1S/C9H19NO4S/c1-8(11)4-3-6-10-9(12)5-7-15(2,13)14/h8,11H,3-7H2,1-2H3,(H,10,12). The quantitative estimate of drug-likeness (QED) is 0.595. The van der Waals surface area contributed by atoms with Gasteiger partial charge in [0.15, 0.2) is 0 Å². The minimum atomic E-state index is -3.06. The molecular formula is C9H19NO4S. The zero-order chi connectivity index (χ0) is 11.9. The van der Waals surface area contributed by atoms with Crippen molar-refractivity contribution in [3.8, 4) is 0 Å². The monoisotopic (exact) mass is 237 g/mol. The van der Waals surface area contributed by atoms with E-state index in [2.05, 4.69) is 5.32 Å². The van der Waals surface area contributed by atoms with Gasteiger partial charge in [-0.2, -0.15) is 0 Å². The topological polar surface area (TPSA) is 83.5 Å². The fourth-order valence-electron chi connectivity index (χ4n) is 0.992. The van der Waals surface area contributed by atoms with Crippen LogP contribution in [0, 0.1) is 0 Å². The van der Waals surface area contributed by atoms with Crippen LogP contribution in [-0.2, 0) is 14.6 Å². The average molecular weight is 237 g/mol. The molecule has 0 aromatic carbocycles. The summed E-state index contributed by atoms with van der Waals surface area (Å²) < 4.78 is 21.5. The lowest BCUT2D eigenvalue weighted by Gasteiger charge is -2.05. The van der Waals surface area contributed by atoms with E-state index in [9.17, 15) is 13.2 Å².